The highest BCUT2D eigenvalue weighted by molar-refractivity contribution is 5.57. The van der Waals surface area contributed by atoms with Crippen LogP contribution in [0.15, 0.2) is 48.5 Å². The molecule has 0 saturated heterocycles. The molecule has 2 heteroatoms. The summed E-state index contributed by atoms with van der Waals surface area (Å²) in [5.74, 6) is 0.937. The number of rotatable bonds is 7. The molecule has 0 spiro atoms. The highest BCUT2D eigenvalue weighted by atomic mass is 16.5. The van der Waals surface area contributed by atoms with Crippen molar-refractivity contribution in [2.24, 2.45) is 0 Å². The van der Waals surface area contributed by atoms with E-state index in [9.17, 15) is 0 Å². The third-order valence-corrected chi connectivity index (χ3v) is 3.75. The zero-order valence-electron chi connectivity index (χ0n) is 13.2. The van der Waals surface area contributed by atoms with Gasteiger partial charge in [-0.25, -0.2) is 0 Å². The molecule has 112 valence electrons. The fourth-order valence-corrected chi connectivity index (χ4v) is 2.45. The summed E-state index contributed by atoms with van der Waals surface area (Å²) in [6.45, 7) is 7.33. The molecule has 2 aromatic rings. The minimum Gasteiger partial charge on any atom is -0.489 e. The maximum atomic E-state index is 6.04. The summed E-state index contributed by atoms with van der Waals surface area (Å²) >= 11 is 0. The number of ether oxygens (including phenoxy) is 1. The van der Waals surface area contributed by atoms with E-state index in [2.05, 4.69) is 44.3 Å². The van der Waals surface area contributed by atoms with Crippen LogP contribution >= 0.6 is 0 Å². The van der Waals surface area contributed by atoms with Gasteiger partial charge in [-0.05, 0) is 43.0 Å². The van der Waals surface area contributed by atoms with Gasteiger partial charge in [0.15, 0.2) is 0 Å². The van der Waals surface area contributed by atoms with Gasteiger partial charge in [0.1, 0.15) is 11.9 Å². The molecular formula is C19H25NO. The van der Waals surface area contributed by atoms with E-state index in [1.165, 1.54) is 16.8 Å². The second-order valence-corrected chi connectivity index (χ2v) is 5.30. The lowest BCUT2D eigenvalue weighted by molar-refractivity contribution is 0.210. The molecule has 2 rings (SSSR count). The average molecular weight is 283 g/mol. The highest BCUT2D eigenvalue weighted by Gasteiger charge is 2.10. The molecule has 0 radical (unpaired) electrons. The van der Waals surface area contributed by atoms with Crippen LogP contribution in [-0.4, -0.2) is 12.6 Å². The second-order valence-electron chi connectivity index (χ2n) is 5.30. The van der Waals surface area contributed by atoms with Crippen LogP contribution in [0.4, 0.5) is 5.69 Å². The summed E-state index contributed by atoms with van der Waals surface area (Å²) in [7, 11) is 0. The summed E-state index contributed by atoms with van der Waals surface area (Å²) in [5, 5.41) is 3.58. The van der Waals surface area contributed by atoms with E-state index in [0.717, 1.165) is 25.1 Å². The van der Waals surface area contributed by atoms with Crippen molar-refractivity contribution >= 4 is 5.69 Å². The maximum Gasteiger partial charge on any atom is 0.119 e. The Hall–Kier alpha value is -1.96. The fourth-order valence-electron chi connectivity index (χ4n) is 2.45. The van der Waals surface area contributed by atoms with Crippen molar-refractivity contribution < 1.29 is 4.74 Å². The Morgan fingerprint density at radius 2 is 1.76 bits per heavy atom. The lowest BCUT2D eigenvalue weighted by Crippen LogP contribution is -2.26. The molecule has 1 N–H and O–H groups in total. The Kier molecular flexibility index (Phi) is 5.68. The van der Waals surface area contributed by atoms with Crippen LogP contribution in [0.3, 0.4) is 0 Å². The monoisotopic (exact) mass is 283 g/mol. The minimum absolute atomic E-state index is 0.178. The van der Waals surface area contributed by atoms with Gasteiger partial charge in [-0.15, -0.1) is 0 Å². The van der Waals surface area contributed by atoms with Gasteiger partial charge >= 0.3 is 0 Å². The van der Waals surface area contributed by atoms with Gasteiger partial charge in [-0.3, -0.25) is 0 Å². The maximum absolute atomic E-state index is 6.04. The van der Waals surface area contributed by atoms with Gasteiger partial charge in [0.05, 0.1) is 6.54 Å². The first-order valence-electron chi connectivity index (χ1n) is 7.78. The molecule has 0 aliphatic heterocycles. The van der Waals surface area contributed by atoms with Gasteiger partial charge < -0.3 is 10.1 Å². The third-order valence-electron chi connectivity index (χ3n) is 3.75. The van der Waals surface area contributed by atoms with Crippen LogP contribution in [0.25, 0.3) is 0 Å². The second kappa shape index (κ2) is 7.72. The van der Waals surface area contributed by atoms with E-state index in [4.69, 9.17) is 4.74 Å². The quantitative estimate of drug-likeness (QED) is 0.786. The summed E-state index contributed by atoms with van der Waals surface area (Å²) in [4.78, 5) is 0. The smallest absolute Gasteiger partial charge is 0.119 e. The van der Waals surface area contributed by atoms with Crippen molar-refractivity contribution in [3.05, 3.63) is 59.7 Å². The predicted molar refractivity (Wildman–Crippen MR) is 90.2 cm³/mol. The van der Waals surface area contributed by atoms with Gasteiger partial charge in [0.2, 0.25) is 0 Å². The lowest BCUT2D eigenvalue weighted by atomic mass is 10.1. The van der Waals surface area contributed by atoms with Crippen molar-refractivity contribution in [3.8, 4) is 5.75 Å². The number of hydrogen-bond donors (Lipinski definition) is 1. The number of aryl methyl sites for hydroxylation is 2. The molecule has 0 amide bonds. The molecule has 0 fully saturated rings. The fraction of sp³-hybridized carbons (Fsp3) is 0.368. The first-order valence-corrected chi connectivity index (χ1v) is 7.78. The molecule has 0 saturated carbocycles. The summed E-state index contributed by atoms with van der Waals surface area (Å²) in [6, 6.07) is 16.5. The van der Waals surface area contributed by atoms with E-state index in [-0.39, 0.29) is 6.10 Å². The van der Waals surface area contributed by atoms with Crippen LogP contribution in [0.1, 0.15) is 31.4 Å². The topological polar surface area (TPSA) is 21.3 Å². The van der Waals surface area contributed by atoms with Gasteiger partial charge in [-0.2, -0.15) is 0 Å². The van der Waals surface area contributed by atoms with E-state index in [1.54, 1.807) is 0 Å². The van der Waals surface area contributed by atoms with Crippen molar-refractivity contribution in [2.45, 2.75) is 39.7 Å². The standard InChI is InChI=1S/C19H25NO/c1-4-16-11-9-10-15(3)19(16)20-14-17(5-2)21-18-12-7-6-8-13-18/h6-13,17,20H,4-5,14H2,1-3H3. The lowest BCUT2D eigenvalue weighted by Gasteiger charge is -2.21. The van der Waals surface area contributed by atoms with Crippen LogP contribution in [0.5, 0.6) is 5.75 Å². The minimum atomic E-state index is 0.178. The molecule has 0 aromatic heterocycles. The zero-order valence-corrected chi connectivity index (χ0v) is 13.2. The van der Waals surface area contributed by atoms with Crippen molar-refractivity contribution in [3.63, 3.8) is 0 Å². The third kappa shape index (κ3) is 4.25. The summed E-state index contributed by atoms with van der Waals surface area (Å²) < 4.78 is 6.04. The molecule has 1 atom stereocenters. The molecule has 0 aliphatic carbocycles. The number of hydrogen-bond acceptors (Lipinski definition) is 2. The zero-order chi connectivity index (χ0) is 15.1. The largest absolute Gasteiger partial charge is 0.489 e. The van der Waals surface area contributed by atoms with Crippen LogP contribution in [-0.2, 0) is 6.42 Å². The Bertz CT molecular complexity index is 551. The van der Waals surface area contributed by atoms with Crippen molar-refractivity contribution in [2.75, 3.05) is 11.9 Å². The summed E-state index contributed by atoms with van der Waals surface area (Å²) in [5.41, 5.74) is 3.92. The van der Waals surface area contributed by atoms with E-state index in [0.29, 0.717) is 0 Å². The van der Waals surface area contributed by atoms with Crippen LogP contribution < -0.4 is 10.1 Å². The van der Waals surface area contributed by atoms with Gasteiger partial charge in [0.25, 0.3) is 0 Å². The Morgan fingerprint density at radius 3 is 2.43 bits per heavy atom. The molecular weight excluding hydrogens is 258 g/mol. The molecule has 1 unspecified atom stereocenters. The number of nitrogens with one attached hydrogen (secondary N) is 1. The first-order chi connectivity index (χ1) is 10.2. The van der Waals surface area contributed by atoms with Crippen LogP contribution in [0.2, 0.25) is 0 Å². The Morgan fingerprint density at radius 1 is 1.00 bits per heavy atom. The average Bonchev–Trinajstić information content (AvgIpc) is 2.53. The normalized spacial score (nSPS) is 12.0. The van der Waals surface area contributed by atoms with Gasteiger partial charge in [0, 0.05) is 5.69 Å². The number of para-hydroxylation sites is 2. The molecule has 2 nitrogen and oxygen atoms in total. The predicted octanol–water partition coefficient (Wildman–Crippen LogP) is 4.83. The molecule has 0 bridgehead atoms. The molecule has 21 heavy (non-hydrogen) atoms. The van der Waals surface area contributed by atoms with Crippen LogP contribution in [0, 0.1) is 6.92 Å². The first kappa shape index (κ1) is 15.4. The number of benzene rings is 2. The summed E-state index contributed by atoms with van der Waals surface area (Å²) in [6.07, 6.45) is 2.20. The van der Waals surface area contributed by atoms with E-state index >= 15 is 0 Å². The number of anilines is 1. The highest BCUT2D eigenvalue weighted by Crippen LogP contribution is 2.21. The van der Waals surface area contributed by atoms with Crippen molar-refractivity contribution in [1.29, 1.82) is 0 Å². The molecule has 0 heterocycles. The molecule has 2 aromatic carbocycles. The SMILES string of the molecule is CCc1cccc(C)c1NCC(CC)Oc1ccccc1. The van der Waals surface area contributed by atoms with Gasteiger partial charge in [-0.1, -0.05) is 50.2 Å². The Balaban J connectivity index is 2.00. The molecule has 0 aliphatic rings. The van der Waals surface area contributed by atoms with E-state index < -0.39 is 0 Å². The van der Waals surface area contributed by atoms with Crippen molar-refractivity contribution in [1.82, 2.24) is 0 Å². The van der Waals surface area contributed by atoms with E-state index in [1.807, 2.05) is 30.3 Å². The Labute approximate surface area is 128 Å².